The topological polar surface area (TPSA) is 29.9 Å². The molecule has 0 unspecified atom stereocenters. The Kier molecular flexibility index (Phi) is 3.32. The van der Waals surface area contributed by atoms with Gasteiger partial charge in [-0.25, -0.2) is 0 Å². The van der Waals surface area contributed by atoms with E-state index in [1.54, 1.807) is 7.11 Å². The average molecular weight is 382 g/mol. The van der Waals surface area contributed by atoms with Crippen LogP contribution in [0.15, 0.2) is 42.5 Å². The number of benzene rings is 2. The van der Waals surface area contributed by atoms with Crippen LogP contribution in [0, 0.1) is 8.34 Å². The van der Waals surface area contributed by atoms with Crippen LogP contribution in [-0.2, 0) is 0 Å². The van der Waals surface area contributed by atoms with Gasteiger partial charge in [0.15, 0.2) is 4.77 Å². The third kappa shape index (κ3) is 2.17. The van der Waals surface area contributed by atoms with Crippen LogP contribution in [0.3, 0.4) is 0 Å². The summed E-state index contributed by atoms with van der Waals surface area (Å²) < 4.78 is 9.17. The van der Waals surface area contributed by atoms with E-state index in [-0.39, 0.29) is 0 Å². The fourth-order valence-electron chi connectivity index (χ4n) is 2.08. The van der Waals surface area contributed by atoms with E-state index < -0.39 is 0 Å². The van der Waals surface area contributed by atoms with Crippen molar-refractivity contribution in [2.45, 2.75) is 0 Å². The Morgan fingerprint density at radius 1 is 1.21 bits per heavy atom. The molecule has 1 aromatic heterocycles. The molecule has 0 atom stereocenters. The fraction of sp³-hybridized carbons (Fsp3) is 0.0714. The molecule has 96 valence electrons. The summed E-state index contributed by atoms with van der Waals surface area (Å²) in [6, 6.07) is 14.1. The van der Waals surface area contributed by atoms with E-state index in [2.05, 4.69) is 39.7 Å². The molecular formula is C14H11IN2OS. The Hall–Kier alpha value is -1.34. The number of fused-ring (bicyclic) bond motifs is 1. The van der Waals surface area contributed by atoms with E-state index in [4.69, 9.17) is 17.0 Å². The molecule has 0 saturated heterocycles. The van der Waals surface area contributed by atoms with Gasteiger partial charge in [-0.15, -0.1) is 0 Å². The number of aromatic amines is 1. The number of para-hydroxylation sites is 1. The van der Waals surface area contributed by atoms with Crippen molar-refractivity contribution in [2.24, 2.45) is 0 Å². The van der Waals surface area contributed by atoms with Gasteiger partial charge in [-0.1, -0.05) is 12.1 Å². The lowest BCUT2D eigenvalue weighted by atomic mass is 10.2. The van der Waals surface area contributed by atoms with Crippen LogP contribution in [0.4, 0.5) is 0 Å². The number of nitrogens with zero attached hydrogens (tertiary/aromatic N) is 1. The summed E-state index contributed by atoms with van der Waals surface area (Å²) in [5.74, 6) is 0.821. The highest BCUT2D eigenvalue weighted by Gasteiger charge is 2.09. The predicted molar refractivity (Wildman–Crippen MR) is 87.7 cm³/mol. The molecule has 5 heteroatoms. The maximum Gasteiger partial charge on any atom is 0.182 e. The van der Waals surface area contributed by atoms with Crippen LogP contribution in [0.2, 0.25) is 0 Å². The van der Waals surface area contributed by atoms with Gasteiger partial charge in [0.2, 0.25) is 0 Å². The van der Waals surface area contributed by atoms with Crippen molar-refractivity contribution in [3.05, 3.63) is 50.8 Å². The number of halogens is 1. The van der Waals surface area contributed by atoms with Crippen LogP contribution in [0.25, 0.3) is 16.7 Å². The van der Waals surface area contributed by atoms with Crippen molar-refractivity contribution in [1.29, 1.82) is 0 Å². The van der Waals surface area contributed by atoms with E-state index in [1.165, 1.54) is 0 Å². The smallest absolute Gasteiger partial charge is 0.182 e. The Bertz CT molecular complexity index is 807. The number of hydrogen-bond donors (Lipinski definition) is 1. The summed E-state index contributed by atoms with van der Waals surface area (Å²) in [6.07, 6.45) is 0. The largest absolute Gasteiger partial charge is 0.497 e. The van der Waals surface area contributed by atoms with Crippen molar-refractivity contribution in [3.63, 3.8) is 0 Å². The summed E-state index contributed by atoms with van der Waals surface area (Å²) in [5.41, 5.74) is 3.10. The van der Waals surface area contributed by atoms with Gasteiger partial charge in [0.1, 0.15) is 5.75 Å². The average Bonchev–Trinajstić information content (AvgIpc) is 2.74. The van der Waals surface area contributed by atoms with E-state index in [0.717, 1.165) is 26.0 Å². The SMILES string of the molecule is COc1ccc2[nH]c(=S)n(-c3ccccc3I)c2c1. The second-order valence-electron chi connectivity index (χ2n) is 4.10. The summed E-state index contributed by atoms with van der Waals surface area (Å²) in [7, 11) is 1.67. The lowest BCUT2D eigenvalue weighted by molar-refractivity contribution is 0.415. The molecule has 0 saturated carbocycles. The standard InChI is InChI=1S/C14H11IN2OS/c1-18-9-6-7-11-13(8-9)17(14(19)16-11)12-5-3-2-4-10(12)15/h2-8H,1H3,(H,16,19). The van der Waals surface area contributed by atoms with Gasteiger partial charge in [-0.05, 0) is 59.1 Å². The number of H-pyrrole nitrogens is 1. The molecule has 2 aromatic carbocycles. The number of ether oxygens (including phenoxy) is 1. The molecule has 0 radical (unpaired) electrons. The highest BCUT2D eigenvalue weighted by atomic mass is 127. The Balaban J connectivity index is 2.37. The summed E-state index contributed by atoms with van der Waals surface area (Å²) in [6.45, 7) is 0. The third-order valence-electron chi connectivity index (χ3n) is 2.98. The number of nitrogens with one attached hydrogen (secondary N) is 1. The van der Waals surface area contributed by atoms with Crippen molar-refractivity contribution in [3.8, 4) is 11.4 Å². The van der Waals surface area contributed by atoms with Crippen LogP contribution >= 0.6 is 34.8 Å². The predicted octanol–water partition coefficient (Wildman–Crippen LogP) is 4.30. The second kappa shape index (κ2) is 4.97. The Labute approximate surface area is 129 Å². The zero-order valence-electron chi connectivity index (χ0n) is 10.2. The van der Waals surface area contributed by atoms with Gasteiger partial charge < -0.3 is 9.72 Å². The quantitative estimate of drug-likeness (QED) is 0.529. The number of aromatic nitrogens is 2. The van der Waals surface area contributed by atoms with E-state index in [9.17, 15) is 0 Å². The number of hydrogen-bond acceptors (Lipinski definition) is 2. The minimum atomic E-state index is 0.687. The lowest BCUT2D eigenvalue weighted by Crippen LogP contribution is -1.96. The maximum absolute atomic E-state index is 5.44. The monoisotopic (exact) mass is 382 g/mol. The van der Waals surface area contributed by atoms with Crippen LogP contribution in [-0.4, -0.2) is 16.7 Å². The minimum Gasteiger partial charge on any atom is -0.497 e. The molecule has 1 heterocycles. The molecule has 1 N–H and O–H groups in total. The van der Waals surface area contributed by atoms with Crippen LogP contribution < -0.4 is 4.74 Å². The number of rotatable bonds is 2. The first-order valence-electron chi connectivity index (χ1n) is 5.74. The molecule has 0 fully saturated rings. The molecule has 0 aliphatic carbocycles. The van der Waals surface area contributed by atoms with Gasteiger partial charge in [0, 0.05) is 9.64 Å². The minimum absolute atomic E-state index is 0.687. The summed E-state index contributed by atoms with van der Waals surface area (Å²) in [4.78, 5) is 3.22. The van der Waals surface area contributed by atoms with Crippen molar-refractivity contribution in [2.75, 3.05) is 7.11 Å². The van der Waals surface area contributed by atoms with Crippen molar-refractivity contribution < 1.29 is 4.74 Å². The van der Waals surface area contributed by atoms with E-state index in [1.807, 2.05) is 34.9 Å². The first-order chi connectivity index (χ1) is 9.20. The zero-order chi connectivity index (χ0) is 13.4. The molecule has 0 bridgehead atoms. The maximum atomic E-state index is 5.44. The van der Waals surface area contributed by atoms with Crippen molar-refractivity contribution in [1.82, 2.24) is 9.55 Å². The molecule has 3 nitrogen and oxygen atoms in total. The van der Waals surface area contributed by atoms with Crippen LogP contribution in [0.5, 0.6) is 5.75 Å². The highest BCUT2D eigenvalue weighted by molar-refractivity contribution is 14.1. The first-order valence-corrected chi connectivity index (χ1v) is 7.23. The van der Waals surface area contributed by atoms with Crippen LogP contribution in [0.1, 0.15) is 0 Å². The number of imidazole rings is 1. The van der Waals surface area contributed by atoms with E-state index >= 15 is 0 Å². The lowest BCUT2D eigenvalue weighted by Gasteiger charge is -2.07. The summed E-state index contributed by atoms with van der Waals surface area (Å²) in [5, 5.41) is 0. The van der Waals surface area contributed by atoms with E-state index in [0.29, 0.717) is 4.77 Å². The van der Waals surface area contributed by atoms with Gasteiger partial charge >= 0.3 is 0 Å². The Morgan fingerprint density at radius 3 is 2.74 bits per heavy atom. The first kappa shape index (κ1) is 12.7. The molecular weight excluding hydrogens is 371 g/mol. The molecule has 3 rings (SSSR count). The number of methoxy groups -OCH3 is 1. The fourth-order valence-corrected chi connectivity index (χ4v) is 3.02. The van der Waals surface area contributed by atoms with Gasteiger partial charge in [-0.2, -0.15) is 0 Å². The molecule has 0 spiro atoms. The van der Waals surface area contributed by atoms with Crippen molar-refractivity contribution >= 4 is 45.8 Å². The zero-order valence-corrected chi connectivity index (χ0v) is 13.2. The molecule has 3 aromatic rings. The third-order valence-corrected chi connectivity index (χ3v) is 4.18. The molecule has 0 aliphatic heterocycles. The molecule has 19 heavy (non-hydrogen) atoms. The molecule has 0 aliphatic rings. The van der Waals surface area contributed by atoms with Gasteiger partial charge in [-0.3, -0.25) is 4.57 Å². The summed E-state index contributed by atoms with van der Waals surface area (Å²) >= 11 is 7.75. The highest BCUT2D eigenvalue weighted by Crippen LogP contribution is 2.26. The van der Waals surface area contributed by atoms with Gasteiger partial charge in [0.05, 0.1) is 23.8 Å². The normalized spacial score (nSPS) is 10.8. The second-order valence-corrected chi connectivity index (χ2v) is 5.65. The van der Waals surface area contributed by atoms with Gasteiger partial charge in [0.25, 0.3) is 0 Å². The Morgan fingerprint density at radius 2 is 2.00 bits per heavy atom. The molecule has 0 amide bonds.